The SMILES string of the molecule is COc1ccc(CCC(C)NC(=O)c2ccc(C(=O)O)cc2)cc1. The van der Waals surface area contributed by atoms with E-state index >= 15 is 0 Å². The third-order valence-corrected chi connectivity index (χ3v) is 3.80. The molecule has 1 unspecified atom stereocenters. The molecule has 2 aromatic rings. The lowest BCUT2D eigenvalue weighted by molar-refractivity contribution is 0.0696. The van der Waals surface area contributed by atoms with Gasteiger partial charge in [0.2, 0.25) is 0 Å². The number of aryl methyl sites for hydroxylation is 1. The van der Waals surface area contributed by atoms with E-state index in [0.717, 1.165) is 18.6 Å². The maximum Gasteiger partial charge on any atom is 0.335 e. The Morgan fingerprint density at radius 1 is 1.04 bits per heavy atom. The number of nitrogens with one attached hydrogen (secondary N) is 1. The molecular weight excluding hydrogens is 306 g/mol. The molecule has 0 saturated heterocycles. The van der Waals surface area contributed by atoms with Crippen molar-refractivity contribution in [1.29, 1.82) is 0 Å². The second-order valence-electron chi connectivity index (χ2n) is 5.64. The first-order valence-corrected chi connectivity index (χ1v) is 7.76. The van der Waals surface area contributed by atoms with Crippen LogP contribution in [-0.2, 0) is 6.42 Å². The Hall–Kier alpha value is -2.82. The van der Waals surface area contributed by atoms with Gasteiger partial charge in [-0.3, -0.25) is 4.79 Å². The monoisotopic (exact) mass is 327 g/mol. The number of rotatable bonds is 7. The van der Waals surface area contributed by atoms with Gasteiger partial charge < -0.3 is 15.2 Å². The summed E-state index contributed by atoms with van der Waals surface area (Å²) in [6.07, 6.45) is 1.66. The molecule has 0 bridgehead atoms. The molecule has 5 nitrogen and oxygen atoms in total. The van der Waals surface area contributed by atoms with Crippen LogP contribution < -0.4 is 10.1 Å². The number of methoxy groups -OCH3 is 1. The van der Waals surface area contributed by atoms with E-state index in [0.29, 0.717) is 5.56 Å². The van der Waals surface area contributed by atoms with Crippen molar-refractivity contribution in [3.05, 3.63) is 65.2 Å². The number of aromatic carboxylic acids is 1. The average molecular weight is 327 g/mol. The summed E-state index contributed by atoms with van der Waals surface area (Å²) in [5.41, 5.74) is 1.80. The molecule has 0 radical (unpaired) electrons. The Morgan fingerprint density at radius 3 is 2.17 bits per heavy atom. The number of benzene rings is 2. The molecule has 126 valence electrons. The minimum atomic E-state index is -1.00. The maximum atomic E-state index is 12.2. The maximum absolute atomic E-state index is 12.2. The summed E-state index contributed by atoms with van der Waals surface area (Å²) in [6.45, 7) is 1.95. The minimum absolute atomic E-state index is 0.0127. The van der Waals surface area contributed by atoms with Crippen LogP contribution in [-0.4, -0.2) is 30.1 Å². The molecule has 0 aliphatic heterocycles. The summed E-state index contributed by atoms with van der Waals surface area (Å²) < 4.78 is 5.13. The van der Waals surface area contributed by atoms with Crippen LogP contribution in [0.15, 0.2) is 48.5 Å². The topological polar surface area (TPSA) is 75.6 Å². The summed E-state index contributed by atoms with van der Waals surface area (Å²) in [5, 5.41) is 11.8. The first-order valence-electron chi connectivity index (χ1n) is 7.76. The standard InChI is InChI=1S/C19H21NO4/c1-13(3-4-14-5-11-17(24-2)12-6-14)20-18(21)15-7-9-16(10-8-15)19(22)23/h5-13H,3-4H2,1-2H3,(H,20,21)(H,22,23). The highest BCUT2D eigenvalue weighted by Gasteiger charge is 2.11. The summed E-state index contributed by atoms with van der Waals surface area (Å²) in [6, 6.07) is 13.8. The second kappa shape index (κ2) is 8.15. The van der Waals surface area contributed by atoms with Crippen LogP contribution in [0.1, 0.15) is 39.6 Å². The van der Waals surface area contributed by atoms with E-state index in [1.807, 2.05) is 31.2 Å². The van der Waals surface area contributed by atoms with Crippen molar-refractivity contribution in [2.75, 3.05) is 7.11 Å². The van der Waals surface area contributed by atoms with E-state index in [4.69, 9.17) is 9.84 Å². The zero-order chi connectivity index (χ0) is 17.5. The molecule has 2 N–H and O–H groups in total. The largest absolute Gasteiger partial charge is 0.497 e. The van der Waals surface area contributed by atoms with Gasteiger partial charge in [0, 0.05) is 11.6 Å². The minimum Gasteiger partial charge on any atom is -0.497 e. The Labute approximate surface area is 141 Å². The fourth-order valence-electron chi connectivity index (χ4n) is 2.32. The van der Waals surface area contributed by atoms with Crippen molar-refractivity contribution in [2.45, 2.75) is 25.8 Å². The molecular formula is C19H21NO4. The molecule has 24 heavy (non-hydrogen) atoms. The van der Waals surface area contributed by atoms with Gasteiger partial charge in [-0.05, 0) is 61.7 Å². The molecule has 0 spiro atoms. The molecule has 2 aromatic carbocycles. The number of carbonyl (C=O) groups excluding carboxylic acids is 1. The molecule has 1 amide bonds. The lowest BCUT2D eigenvalue weighted by Gasteiger charge is -2.14. The van der Waals surface area contributed by atoms with Gasteiger partial charge in [-0.15, -0.1) is 0 Å². The second-order valence-corrected chi connectivity index (χ2v) is 5.64. The van der Waals surface area contributed by atoms with E-state index in [1.54, 1.807) is 7.11 Å². The number of ether oxygens (including phenoxy) is 1. The van der Waals surface area contributed by atoms with Crippen LogP contribution in [0, 0.1) is 0 Å². The van der Waals surface area contributed by atoms with E-state index in [9.17, 15) is 9.59 Å². The van der Waals surface area contributed by atoms with Crippen LogP contribution in [0.4, 0.5) is 0 Å². The molecule has 0 heterocycles. The van der Waals surface area contributed by atoms with Crippen molar-refractivity contribution < 1.29 is 19.4 Å². The normalized spacial score (nSPS) is 11.6. The highest BCUT2D eigenvalue weighted by Crippen LogP contribution is 2.13. The van der Waals surface area contributed by atoms with E-state index in [-0.39, 0.29) is 17.5 Å². The van der Waals surface area contributed by atoms with Gasteiger partial charge >= 0.3 is 5.97 Å². The van der Waals surface area contributed by atoms with Crippen LogP contribution in [0.2, 0.25) is 0 Å². The van der Waals surface area contributed by atoms with E-state index in [2.05, 4.69) is 5.32 Å². The highest BCUT2D eigenvalue weighted by molar-refractivity contribution is 5.96. The number of carboxylic acid groups (broad SMARTS) is 1. The van der Waals surface area contributed by atoms with Gasteiger partial charge in [-0.2, -0.15) is 0 Å². The van der Waals surface area contributed by atoms with Crippen LogP contribution in [0.5, 0.6) is 5.75 Å². The number of hydrogen-bond acceptors (Lipinski definition) is 3. The van der Waals surface area contributed by atoms with Gasteiger partial charge in [0.1, 0.15) is 5.75 Å². The number of hydrogen-bond donors (Lipinski definition) is 2. The van der Waals surface area contributed by atoms with Gasteiger partial charge in [0.25, 0.3) is 5.91 Å². The van der Waals surface area contributed by atoms with Crippen molar-refractivity contribution in [3.8, 4) is 5.75 Å². The van der Waals surface area contributed by atoms with Crippen molar-refractivity contribution in [2.24, 2.45) is 0 Å². The summed E-state index contributed by atoms with van der Waals surface area (Å²) in [5.74, 6) is -0.381. The first kappa shape index (κ1) is 17.5. The Balaban J connectivity index is 1.85. The molecule has 0 aliphatic carbocycles. The molecule has 0 fully saturated rings. The fourth-order valence-corrected chi connectivity index (χ4v) is 2.32. The van der Waals surface area contributed by atoms with Crippen molar-refractivity contribution in [3.63, 3.8) is 0 Å². The number of amides is 1. The number of carboxylic acids is 1. The van der Waals surface area contributed by atoms with Crippen LogP contribution in [0.25, 0.3) is 0 Å². The summed E-state index contributed by atoms with van der Waals surface area (Å²) >= 11 is 0. The predicted molar refractivity (Wildman–Crippen MR) is 91.6 cm³/mol. The highest BCUT2D eigenvalue weighted by atomic mass is 16.5. The lowest BCUT2D eigenvalue weighted by atomic mass is 10.1. The van der Waals surface area contributed by atoms with E-state index in [1.165, 1.54) is 29.8 Å². The van der Waals surface area contributed by atoms with Gasteiger partial charge in [0.15, 0.2) is 0 Å². The van der Waals surface area contributed by atoms with Crippen LogP contribution in [0.3, 0.4) is 0 Å². The van der Waals surface area contributed by atoms with Gasteiger partial charge in [0.05, 0.1) is 12.7 Å². The van der Waals surface area contributed by atoms with Gasteiger partial charge in [-0.25, -0.2) is 4.79 Å². The van der Waals surface area contributed by atoms with Crippen molar-refractivity contribution >= 4 is 11.9 Å². The summed E-state index contributed by atoms with van der Waals surface area (Å²) in [4.78, 5) is 23.0. The lowest BCUT2D eigenvalue weighted by Crippen LogP contribution is -2.32. The molecule has 0 aromatic heterocycles. The summed E-state index contributed by atoms with van der Waals surface area (Å²) in [7, 11) is 1.63. The number of carbonyl (C=O) groups is 2. The Bertz CT molecular complexity index is 692. The predicted octanol–water partition coefficient (Wildman–Crippen LogP) is 3.14. The smallest absolute Gasteiger partial charge is 0.335 e. The van der Waals surface area contributed by atoms with Crippen LogP contribution >= 0.6 is 0 Å². The molecule has 0 aliphatic rings. The molecule has 2 rings (SSSR count). The van der Waals surface area contributed by atoms with Gasteiger partial charge in [-0.1, -0.05) is 12.1 Å². The third-order valence-electron chi connectivity index (χ3n) is 3.80. The zero-order valence-electron chi connectivity index (χ0n) is 13.8. The Kier molecular flexibility index (Phi) is 5.95. The fraction of sp³-hybridized carbons (Fsp3) is 0.263. The quantitative estimate of drug-likeness (QED) is 0.819. The molecule has 0 saturated carbocycles. The van der Waals surface area contributed by atoms with Crippen molar-refractivity contribution in [1.82, 2.24) is 5.32 Å². The van der Waals surface area contributed by atoms with E-state index < -0.39 is 5.97 Å². The zero-order valence-corrected chi connectivity index (χ0v) is 13.8. The average Bonchev–Trinajstić information content (AvgIpc) is 2.60. The third kappa shape index (κ3) is 4.84. The Morgan fingerprint density at radius 2 is 1.62 bits per heavy atom. The molecule has 5 heteroatoms. The molecule has 1 atom stereocenters. The first-order chi connectivity index (χ1) is 11.5.